The Balaban J connectivity index is 2.28. The molecular formula is C8H11NO. The van der Waals surface area contributed by atoms with Crippen LogP contribution in [0.1, 0.15) is 19.3 Å². The summed E-state index contributed by atoms with van der Waals surface area (Å²) in [6, 6.07) is 0. The second-order valence-corrected chi connectivity index (χ2v) is 2.52. The summed E-state index contributed by atoms with van der Waals surface area (Å²) in [5, 5.41) is 2.77. The summed E-state index contributed by atoms with van der Waals surface area (Å²) in [4.78, 5) is 10.9. The Morgan fingerprint density at radius 3 is 3.10 bits per heavy atom. The largest absolute Gasteiger partial charge is 0.356 e. The Bertz CT molecular complexity index is 169. The summed E-state index contributed by atoms with van der Waals surface area (Å²) < 4.78 is 0. The molecule has 0 aromatic heterocycles. The fourth-order valence-electron chi connectivity index (χ4n) is 1.18. The molecule has 1 heterocycles. The molecule has 1 aliphatic heterocycles. The van der Waals surface area contributed by atoms with Crippen LogP contribution in [0.5, 0.6) is 0 Å². The topological polar surface area (TPSA) is 29.1 Å². The van der Waals surface area contributed by atoms with Crippen LogP contribution in [0.2, 0.25) is 0 Å². The highest BCUT2D eigenvalue weighted by Crippen LogP contribution is 2.14. The number of hydrogen-bond acceptors (Lipinski definition) is 1. The summed E-state index contributed by atoms with van der Waals surface area (Å²) in [6.45, 7) is 0.827. The molecule has 1 amide bonds. The van der Waals surface area contributed by atoms with Crippen molar-refractivity contribution in [1.29, 1.82) is 0 Å². The average Bonchev–Trinajstić information content (AvgIpc) is 2.31. The third-order valence-electron chi connectivity index (χ3n) is 1.80. The molecule has 0 aromatic rings. The molecule has 1 rings (SSSR count). The SMILES string of the molecule is C#CCCC1CCNC1=O. The molecule has 0 bridgehead atoms. The van der Waals surface area contributed by atoms with Gasteiger partial charge in [0, 0.05) is 18.9 Å². The Hall–Kier alpha value is -0.970. The lowest BCUT2D eigenvalue weighted by Gasteiger charge is -2.00. The van der Waals surface area contributed by atoms with Crippen LogP contribution in [0.15, 0.2) is 0 Å². The molecule has 1 unspecified atom stereocenters. The second kappa shape index (κ2) is 3.26. The number of hydrogen-bond donors (Lipinski definition) is 1. The van der Waals surface area contributed by atoms with Gasteiger partial charge in [-0.1, -0.05) is 0 Å². The van der Waals surface area contributed by atoms with E-state index >= 15 is 0 Å². The van der Waals surface area contributed by atoms with Crippen molar-refractivity contribution in [3.63, 3.8) is 0 Å². The first-order valence-corrected chi connectivity index (χ1v) is 3.56. The molecule has 0 radical (unpaired) electrons. The molecule has 1 saturated heterocycles. The van der Waals surface area contributed by atoms with Crippen molar-refractivity contribution in [3.05, 3.63) is 0 Å². The number of carbonyl (C=O) groups excluding carboxylic acids is 1. The maximum absolute atomic E-state index is 10.9. The molecule has 2 heteroatoms. The highest BCUT2D eigenvalue weighted by atomic mass is 16.2. The van der Waals surface area contributed by atoms with Crippen LogP contribution in [0.4, 0.5) is 0 Å². The molecule has 54 valence electrons. The van der Waals surface area contributed by atoms with E-state index in [2.05, 4.69) is 11.2 Å². The molecule has 1 fully saturated rings. The van der Waals surface area contributed by atoms with Gasteiger partial charge in [-0.2, -0.15) is 0 Å². The maximum atomic E-state index is 10.9. The third-order valence-corrected chi connectivity index (χ3v) is 1.80. The Kier molecular flexibility index (Phi) is 2.33. The zero-order valence-electron chi connectivity index (χ0n) is 5.89. The van der Waals surface area contributed by atoms with Crippen molar-refractivity contribution >= 4 is 5.91 Å². The highest BCUT2D eigenvalue weighted by Gasteiger charge is 2.22. The molecule has 1 aliphatic rings. The minimum atomic E-state index is 0.176. The van der Waals surface area contributed by atoms with E-state index < -0.39 is 0 Å². The number of rotatable bonds is 2. The van der Waals surface area contributed by atoms with Crippen molar-refractivity contribution in [1.82, 2.24) is 5.32 Å². The van der Waals surface area contributed by atoms with Crippen LogP contribution in [-0.4, -0.2) is 12.5 Å². The summed E-state index contributed by atoms with van der Waals surface area (Å²) in [5.41, 5.74) is 0. The highest BCUT2D eigenvalue weighted by molar-refractivity contribution is 5.80. The van der Waals surface area contributed by atoms with E-state index in [4.69, 9.17) is 6.42 Å². The van der Waals surface area contributed by atoms with E-state index in [0.29, 0.717) is 0 Å². The van der Waals surface area contributed by atoms with Gasteiger partial charge in [0.25, 0.3) is 0 Å². The van der Waals surface area contributed by atoms with Crippen LogP contribution in [-0.2, 0) is 4.79 Å². The van der Waals surface area contributed by atoms with Crippen LogP contribution >= 0.6 is 0 Å². The summed E-state index contributed by atoms with van der Waals surface area (Å²) in [6.07, 6.45) is 7.60. The average molecular weight is 137 g/mol. The van der Waals surface area contributed by atoms with Crippen molar-refractivity contribution in [3.8, 4) is 12.3 Å². The minimum absolute atomic E-state index is 0.176. The van der Waals surface area contributed by atoms with Gasteiger partial charge in [0.2, 0.25) is 5.91 Å². The molecule has 0 spiro atoms. The fourth-order valence-corrected chi connectivity index (χ4v) is 1.18. The fraction of sp³-hybridized carbons (Fsp3) is 0.625. The molecule has 1 atom stereocenters. The van der Waals surface area contributed by atoms with Crippen LogP contribution < -0.4 is 5.32 Å². The first-order chi connectivity index (χ1) is 4.84. The van der Waals surface area contributed by atoms with Crippen LogP contribution in [0.3, 0.4) is 0 Å². The van der Waals surface area contributed by atoms with Crippen molar-refractivity contribution in [2.45, 2.75) is 19.3 Å². The van der Waals surface area contributed by atoms with Crippen LogP contribution in [0, 0.1) is 18.3 Å². The lowest BCUT2D eigenvalue weighted by molar-refractivity contribution is -0.122. The Morgan fingerprint density at radius 2 is 2.60 bits per heavy atom. The number of nitrogens with one attached hydrogen (secondary N) is 1. The van der Waals surface area contributed by atoms with E-state index in [9.17, 15) is 4.79 Å². The zero-order chi connectivity index (χ0) is 7.40. The quantitative estimate of drug-likeness (QED) is 0.553. The lowest BCUT2D eigenvalue weighted by atomic mass is 10.0. The van der Waals surface area contributed by atoms with Gasteiger partial charge in [-0.3, -0.25) is 4.79 Å². The minimum Gasteiger partial charge on any atom is -0.356 e. The smallest absolute Gasteiger partial charge is 0.223 e. The normalized spacial score (nSPS) is 23.9. The molecule has 0 aliphatic carbocycles. The van der Waals surface area contributed by atoms with Gasteiger partial charge in [0.15, 0.2) is 0 Å². The Labute approximate surface area is 61.0 Å². The summed E-state index contributed by atoms with van der Waals surface area (Å²) >= 11 is 0. The van der Waals surface area contributed by atoms with Gasteiger partial charge >= 0.3 is 0 Å². The van der Waals surface area contributed by atoms with Gasteiger partial charge in [0.1, 0.15) is 0 Å². The van der Waals surface area contributed by atoms with Gasteiger partial charge in [-0.15, -0.1) is 12.3 Å². The van der Waals surface area contributed by atoms with E-state index in [-0.39, 0.29) is 11.8 Å². The monoisotopic (exact) mass is 137 g/mol. The molecule has 0 saturated carbocycles. The van der Waals surface area contributed by atoms with Crippen molar-refractivity contribution in [2.24, 2.45) is 5.92 Å². The lowest BCUT2D eigenvalue weighted by Crippen LogP contribution is -2.18. The number of amides is 1. The first-order valence-electron chi connectivity index (χ1n) is 3.56. The molecule has 2 nitrogen and oxygen atoms in total. The summed E-state index contributed by atoms with van der Waals surface area (Å²) in [5.74, 6) is 2.90. The predicted molar refractivity (Wildman–Crippen MR) is 39.2 cm³/mol. The van der Waals surface area contributed by atoms with Crippen molar-refractivity contribution in [2.75, 3.05) is 6.54 Å². The molecular weight excluding hydrogens is 126 g/mol. The van der Waals surface area contributed by atoms with E-state index in [1.165, 1.54) is 0 Å². The predicted octanol–water partition coefficient (Wildman–Crippen LogP) is 0.536. The summed E-state index contributed by atoms with van der Waals surface area (Å²) in [7, 11) is 0. The zero-order valence-corrected chi connectivity index (χ0v) is 5.89. The Morgan fingerprint density at radius 1 is 1.80 bits per heavy atom. The number of terminal acetylenes is 1. The van der Waals surface area contributed by atoms with E-state index in [0.717, 1.165) is 25.8 Å². The van der Waals surface area contributed by atoms with Crippen molar-refractivity contribution < 1.29 is 4.79 Å². The molecule has 10 heavy (non-hydrogen) atoms. The standard InChI is InChI=1S/C8H11NO/c1-2-3-4-7-5-6-9-8(7)10/h1,7H,3-6H2,(H,9,10). The molecule has 0 aromatic carbocycles. The number of carbonyl (C=O) groups is 1. The maximum Gasteiger partial charge on any atom is 0.223 e. The van der Waals surface area contributed by atoms with Gasteiger partial charge in [0.05, 0.1) is 0 Å². The van der Waals surface area contributed by atoms with Crippen LogP contribution in [0.25, 0.3) is 0 Å². The van der Waals surface area contributed by atoms with E-state index in [1.807, 2.05) is 0 Å². The van der Waals surface area contributed by atoms with Gasteiger partial charge in [-0.05, 0) is 12.8 Å². The van der Waals surface area contributed by atoms with Gasteiger partial charge in [-0.25, -0.2) is 0 Å². The first kappa shape index (κ1) is 7.14. The van der Waals surface area contributed by atoms with Gasteiger partial charge < -0.3 is 5.32 Å². The third kappa shape index (κ3) is 1.51. The molecule has 1 N–H and O–H groups in total. The van der Waals surface area contributed by atoms with E-state index in [1.54, 1.807) is 0 Å². The second-order valence-electron chi connectivity index (χ2n) is 2.52.